The monoisotopic (exact) mass is 301 g/mol. The zero-order chi connectivity index (χ0) is 16.2. The molecule has 114 valence electrons. The van der Waals surface area contributed by atoms with E-state index in [4.69, 9.17) is 0 Å². The summed E-state index contributed by atoms with van der Waals surface area (Å²) in [5, 5.41) is 0. The Labute approximate surface area is 136 Å². The Hall–Kier alpha value is -2.74. The number of carbonyl (C=O) groups excluding carboxylic acids is 1. The zero-order valence-corrected chi connectivity index (χ0v) is 13.4. The van der Waals surface area contributed by atoms with Gasteiger partial charge in [-0.1, -0.05) is 48.5 Å². The van der Waals surface area contributed by atoms with Crippen LogP contribution in [0.4, 0.5) is 0 Å². The Balaban J connectivity index is 1.89. The molecule has 0 aliphatic heterocycles. The number of aryl methyl sites for hydroxylation is 1. The van der Waals surface area contributed by atoms with E-state index in [1.165, 1.54) is 16.7 Å². The minimum atomic E-state index is 0.116. The second-order valence-corrected chi connectivity index (χ2v) is 5.80. The van der Waals surface area contributed by atoms with Crippen LogP contribution in [0.3, 0.4) is 0 Å². The number of hydrogen-bond acceptors (Lipinski definition) is 2. The number of pyridine rings is 1. The summed E-state index contributed by atoms with van der Waals surface area (Å²) in [7, 11) is 0. The second kappa shape index (κ2) is 6.57. The van der Waals surface area contributed by atoms with Gasteiger partial charge < -0.3 is 0 Å². The molecule has 23 heavy (non-hydrogen) atoms. The fourth-order valence-electron chi connectivity index (χ4n) is 2.71. The van der Waals surface area contributed by atoms with Crippen molar-refractivity contribution in [3.05, 3.63) is 89.2 Å². The van der Waals surface area contributed by atoms with Crippen LogP contribution in [0.2, 0.25) is 0 Å². The maximum absolute atomic E-state index is 12.4. The van der Waals surface area contributed by atoms with Crippen LogP contribution in [0.5, 0.6) is 0 Å². The molecule has 3 aromatic rings. The number of rotatable bonds is 4. The predicted molar refractivity (Wildman–Crippen MR) is 93.6 cm³/mol. The van der Waals surface area contributed by atoms with Crippen LogP contribution in [0.25, 0.3) is 11.1 Å². The van der Waals surface area contributed by atoms with Crippen LogP contribution < -0.4 is 0 Å². The molecule has 0 bridgehead atoms. The molecule has 1 aromatic heterocycles. The molecule has 2 aromatic carbocycles. The van der Waals surface area contributed by atoms with Crippen molar-refractivity contribution in [3.63, 3.8) is 0 Å². The van der Waals surface area contributed by atoms with Crippen molar-refractivity contribution in [2.75, 3.05) is 0 Å². The van der Waals surface area contributed by atoms with Gasteiger partial charge in [-0.15, -0.1) is 0 Å². The summed E-state index contributed by atoms with van der Waals surface area (Å²) >= 11 is 0. The average molecular weight is 301 g/mol. The quantitative estimate of drug-likeness (QED) is 0.648. The highest BCUT2D eigenvalue weighted by Gasteiger charge is 2.09. The van der Waals surface area contributed by atoms with E-state index in [2.05, 4.69) is 43.1 Å². The minimum Gasteiger partial charge on any atom is -0.294 e. The third-order valence-electron chi connectivity index (χ3n) is 4.17. The van der Waals surface area contributed by atoms with Gasteiger partial charge >= 0.3 is 0 Å². The summed E-state index contributed by atoms with van der Waals surface area (Å²) in [6.45, 7) is 4.22. The number of hydrogen-bond donors (Lipinski definition) is 0. The fourth-order valence-corrected chi connectivity index (χ4v) is 2.71. The number of carbonyl (C=O) groups is 1. The summed E-state index contributed by atoms with van der Waals surface area (Å²) in [4.78, 5) is 16.7. The van der Waals surface area contributed by atoms with Gasteiger partial charge in [-0.05, 0) is 42.2 Å². The fraction of sp³-hybridized carbons (Fsp3) is 0.143. The highest BCUT2D eigenvalue weighted by atomic mass is 16.1. The van der Waals surface area contributed by atoms with Gasteiger partial charge in [0.1, 0.15) is 0 Å². The number of aromatic nitrogens is 1. The largest absolute Gasteiger partial charge is 0.294 e. The molecule has 0 saturated carbocycles. The summed E-state index contributed by atoms with van der Waals surface area (Å²) in [6, 6.07) is 17.7. The molecule has 0 amide bonds. The summed E-state index contributed by atoms with van der Waals surface area (Å²) in [5.74, 6) is 0.116. The minimum absolute atomic E-state index is 0.116. The topological polar surface area (TPSA) is 30.0 Å². The lowest BCUT2D eigenvalue weighted by molar-refractivity contribution is 0.0993. The van der Waals surface area contributed by atoms with Gasteiger partial charge in [0.2, 0.25) is 0 Å². The van der Waals surface area contributed by atoms with Gasteiger partial charge in [0.15, 0.2) is 5.78 Å². The zero-order valence-electron chi connectivity index (χ0n) is 13.4. The molecule has 0 fully saturated rings. The lowest BCUT2D eigenvalue weighted by atomic mass is 9.96. The van der Waals surface area contributed by atoms with E-state index < -0.39 is 0 Å². The van der Waals surface area contributed by atoms with Crippen molar-refractivity contribution < 1.29 is 4.79 Å². The van der Waals surface area contributed by atoms with Gasteiger partial charge in [0.25, 0.3) is 0 Å². The number of ketones is 1. The summed E-state index contributed by atoms with van der Waals surface area (Å²) < 4.78 is 0. The molecule has 1 heterocycles. The van der Waals surface area contributed by atoms with Crippen molar-refractivity contribution in [3.8, 4) is 11.1 Å². The molecule has 2 heteroatoms. The van der Waals surface area contributed by atoms with Crippen LogP contribution in [-0.4, -0.2) is 10.8 Å². The lowest BCUT2D eigenvalue weighted by Crippen LogP contribution is -2.03. The van der Waals surface area contributed by atoms with Crippen molar-refractivity contribution in [1.82, 2.24) is 4.98 Å². The SMILES string of the molecule is Cc1cccc(-c2cncc(CC(=O)c3ccccc3)c2)c1C. The van der Waals surface area contributed by atoms with E-state index in [0.29, 0.717) is 6.42 Å². The van der Waals surface area contributed by atoms with Crippen molar-refractivity contribution >= 4 is 5.78 Å². The average Bonchev–Trinajstić information content (AvgIpc) is 2.58. The normalized spacial score (nSPS) is 10.5. The Morgan fingerprint density at radius 3 is 2.52 bits per heavy atom. The molecular weight excluding hydrogens is 282 g/mol. The highest BCUT2D eigenvalue weighted by Crippen LogP contribution is 2.25. The van der Waals surface area contributed by atoms with Crippen LogP contribution in [0, 0.1) is 13.8 Å². The van der Waals surface area contributed by atoms with E-state index in [1.54, 1.807) is 6.20 Å². The molecule has 0 radical (unpaired) electrons. The molecule has 0 spiro atoms. The standard InChI is InChI=1S/C21H19NO/c1-15-7-6-10-20(16(15)2)19-11-17(13-22-14-19)12-21(23)18-8-4-3-5-9-18/h3-11,13-14H,12H2,1-2H3. The highest BCUT2D eigenvalue weighted by molar-refractivity contribution is 5.97. The van der Waals surface area contributed by atoms with Crippen LogP contribution in [-0.2, 0) is 6.42 Å². The smallest absolute Gasteiger partial charge is 0.167 e. The van der Waals surface area contributed by atoms with Crippen LogP contribution >= 0.6 is 0 Å². The molecular formula is C21H19NO. The number of benzene rings is 2. The Kier molecular flexibility index (Phi) is 4.33. The molecule has 3 rings (SSSR count). The molecule has 0 atom stereocenters. The first-order valence-corrected chi connectivity index (χ1v) is 7.74. The van der Waals surface area contributed by atoms with Gasteiger partial charge in [-0.25, -0.2) is 0 Å². The first kappa shape index (κ1) is 15.2. The summed E-state index contributed by atoms with van der Waals surface area (Å²) in [6.07, 6.45) is 4.00. The van der Waals surface area contributed by atoms with Crippen molar-refractivity contribution in [2.24, 2.45) is 0 Å². The van der Waals surface area contributed by atoms with Crippen molar-refractivity contribution in [2.45, 2.75) is 20.3 Å². The molecule has 0 saturated heterocycles. The lowest BCUT2D eigenvalue weighted by Gasteiger charge is -2.10. The van der Waals surface area contributed by atoms with E-state index in [0.717, 1.165) is 16.7 Å². The second-order valence-electron chi connectivity index (χ2n) is 5.80. The predicted octanol–water partition coefficient (Wildman–Crippen LogP) is 4.79. The Bertz CT molecular complexity index is 837. The maximum Gasteiger partial charge on any atom is 0.167 e. The Morgan fingerprint density at radius 2 is 1.74 bits per heavy atom. The number of Topliss-reactive ketones (excluding diaryl/α,β-unsaturated/α-hetero) is 1. The Morgan fingerprint density at radius 1 is 0.957 bits per heavy atom. The maximum atomic E-state index is 12.4. The first-order chi connectivity index (χ1) is 11.1. The van der Waals surface area contributed by atoms with Gasteiger partial charge in [0, 0.05) is 29.9 Å². The molecule has 0 aliphatic carbocycles. The third-order valence-corrected chi connectivity index (χ3v) is 4.17. The molecule has 0 N–H and O–H groups in total. The molecule has 0 aliphatic rings. The summed E-state index contributed by atoms with van der Waals surface area (Å²) in [5.41, 5.74) is 6.42. The molecule has 0 unspecified atom stereocenters. The van der Waals surface area contributed by atoms with E-state index >= 15 is 0 Å². The van der Waals surface area contributed by atoms with Gasteiger partial charge in [0.05, 0.1) is 0 Å². The van der Waals surface area contributed by atoms with Gasteiger partial charge in [-0.3, -0.25) is 9.78 Å². The van der Waals surface area contributed by atoms with Gasteiger partial charge in [-0.2, -0.15) is 0 Å². The van der Waals surface area contributed by atoms with Crippen LogP contribution in [0.1, 0.15) is 27.0 Å². The van der Waals surface area contributed by atoms with Crippen LogP contribution in [0.15, 0.2) is 67.0 Å². The number of nitrogens with zero attached hydrogens (tertiary/aromatic N) is 1. The van der Waals surface area contributed by atoms with E-state index in [1.807, 2.05) is 36.5 Å². The third kappa shape index (κ3) is 3.37. The van der Waals surface area contributed by atoms with Crippen molar-refractivity contribution in [1.29, 1.82) is 0 Å². The first-order valence-electron chi connectivity index (χ1n) is 7.74. The molecule has 2 nitrogen and oxygen atoms in total. The van der Waals surface area contributed by atoms with E-state index in [9.17, 15) is 4.79 Å². The van der Waals surface area contributed by atoms with E-state index in [-0.39, 0.29) is 5.78 Å².